The van der Waals surface area contributed by atoms with E-state index in [4.69, 9.17) is 5.73 Å². The quantitative estimate of drug-likeness (QED) is 0.721. The molecule has 0 aliphatic rings. The highest BCUT2D eigenvalue weighted by Crippen LogP contribution is 2.38. The van der Waals surface area contributed by atoms with Gasteiger partial charge in [0.25, 0.3) is 0 Å². The molecule has 0 atom stereocenters. The summed E-state index contributed by atoms with van der Waals surface area (Å²) >= 11 is 3.21. The number of H-pyrrole nitrogens is 1. The van der Waals surface area contributed by atoms with E-state index in [2.05, 4.69) is 26.1 Å². The molecule has 6 heteroatoms. The molecule has 3 aromatic rings. The third-order valence-electron chi connectivity index (χ3n) is 3.13. The van der Waals surface area contributed by atoms with Crippen LogP contribution in [0.1, 0.15) is 0 Å². The highest BCUT2D eigenvalue weighted by atomic mass is 79.9. The Hall–Kier alpha value is -2.21. The topological polar surface area (TPSA) is 54.7 Å². The Kier molecular flexibility index (Phi) is 3.47. The lowest BCUT2D eigenvalue weighted by molar-refractivity contribution is 0.621. The minimum absolute atomic E-state index is 0.228. The molecule has 0 bridgehead atoms. The van der Waals surface area contributed by atoms with Crippen LogP contribution in [-0.2, 0) is 0 Å². The lowest BCUT2D eigenvalue weighted by Gasteiger charge is -2.07. The molecule has 0 aliphatic heterocycles. The normalized spacial score (nSPS) is 10.8. The van der Waals surface area contributed by atoms with Crippen LogP contribution in [-0.4, -0.2) is 10.2 Å². The van der Waals surface area contributed by atoms with Crippen molar-refractivity contribution in [1.82, 2.24) is 10.2 Å². The van der Waals surface area contributed by atoms with Gasteiger partial charge in [-0.05, 0) is 39.7 Å². The Labute approximate surface area is 127 Å². The van der Waals surface area contributed by atoms with Crippen molar-refractivity contribution >= 4 is 21.7 Å². The molecule has 0 spiro atoms. The lowest BCUT2D eigenvalue weighted by Crippen LogP contribution is -1.90. The van der Waals surface area contributed by atoms with E-state index < -0.39 is 5.82 Å². The summed E-state index contributed by atoms with van der Waals surface area (Å²) in [6.07, 6.45) is 0. The Morgan fingerprint density at radius 2 is 1.86 bits per heavy atom. The average molecular weight is 350 g/mol. The van der Waals surface area contributed by atoms with Crippen molar-refractivity contribution in [2.45, 2.75) is 0 Å². The maximum atomic E-state index is 13.7. The van der Waals surface area contributed by atoms with E-state index in [0.29, 0.717) is 26.9 Å². The van der Waals surface area contributed by atoms with E-state index in [9.17, 15) is 8.78 Å². The van der Waals surface area contributed by atoms with Gasteiger partial charge in [0, 0.05) is 5.56 Å². The van der Waals surface area contributed by atoms with Gasteiger partial charge in [0.1, 0.15) is 11.6 Å². The Bertz CT molecular complexity index is 814. The van der Waals surface area contributed by atoms with Gasteiger partial charge in [0.05, 0.1) is 15.7 Å². The third kappa shape index (κ3) is 2.42. The number of hydrogen-bond donors (Lipinski definition) is 2. The highest BCUT2D eigenvalue weighted by Gasteiger charge is 2.18. The number of aromatic nitrogens is 2. The molecule has 0 aliphatic carbocycles. The number of hydrogen-bond acceptors (Lipinski definition) is 2. The number of nitrogens with two attached hydrogens (primary N) is 1. The van der Waals surface area contributed by atoms with Gasteiger partial charge in [-0.25, -0.2) is 8.78 Å². The molecular formula is C15H10BrF2N3. The van der Waals surface area contributed by atoms with Crippen molar-refractivity contribution < 1.29 is 8.78 Å². The van der Waals surface area contributed by atoms with Gasteiger partial charge in [-0.1, -0.05) is 24.3 Å². The van der Waals surface area contributed by atoms with Crippen molar-refractivity contribution in [2.75, 3.05) is 5.73 Å². The maximum absolute atomic E-state index is 13.7. The summed E-state index contributed by atoms with van der Waals surface area (Å²) in [7, 11) is 0. The molecule has 106 valence electrons. The van der Waals surface area contributed by atoms with E-state index in [0.717, 1.165) is 0 Å². The number of nitrogens with zero attached hydrogens (tertiary/aromatic N) is 1. The van der Waals surface area contributed by atoms with Crippen LogP contribution in [0, 0.1) is 11.6 Å². The first-order valence-corrected chi connectivity index (χ1v) is 6.91. The van der Waals surface area contributed by atoms with Gasteiger partial charge in [-0.3, -0.25) is 5.10 Å². The molecule has 0 fully saturated rings. The first-order chi connectivity index (χ1) is 10.1. The predicted octanol–water partition coefficient (Wildman–Crippen LogP) is 4.37. The highest BCUT2D eigenvalue weighted by molar-refractivity contribution is 9.10. The van der Waals surface area contributed by atoms with Crippen molar-refractivity contribution in [2.24, 2.45) is 0 Å². The molecule has 0 unspecified atom stereocenters. The monoisotopic (exact) mass is 349 g/mol. The van der Waals surface area contributed by atoms with Gasteiger partial charge in [0.15, 0.2) is 5.82 Å². The van der Waals surface area contributed by atoms with Crippen LogP contribution in [0.4, 0.5) is 14.6 Å². The van der Waals surface area contributed by atoms with E-state index in [-0.39, 0.29) is 11.6 Å². The first kappa shape index (κ1) is 13.8. The standard InChI is InChI=1S/C15H10BrF2N3/c16-13-10(5-2-6-11(13)18)14-12(15(19)21-20-14)8-3-1-4-9(17)7-8/h1-7H,(H3,19,20,21). The Balaban J connectivity index is 2.24. The van der Waals surface area contributed by atoms with Crippen molar-refractivity contribution in [3.05, 3.63) is 58.6 Å². The molecule has 0 saturated heterocycles. The number of benzene rings is 2. The second kappa shape index (κ2) is 5.29. The Morgan fingerprint density at radius 3 is 2.62 bits per heavy atom. The van der Waals surface area contributed by atoms with Crippen LogP contribution in [0.2, 0.25) is 0 Å². The SMILES string of the molecule is Nc1n[nH]c(-c2cccc(F)c2Br)c1-c1cccc(F)c1. The molecule has 0 saturated carbocycles. The molecule has 0 amide bonds. The van der Waals surface area contributed by atoms with Gasteiger partial charge >= 0.3 is 0 Å². The van der Waals surface area contributed by atoms with Crippen LogP contribution < -0.4 is 5.73 Å². The van der Waals surface area contributed by atoms with Crippen molar-refractivity contribution in [1.29, 1.82) is 0 Å². The van der Waals surface area contributed by atoms with Crippen molar-refractivity contribution in [3.8, 4) is 22.4 Å². The summed E-state index contributed by atoms with van der Waals surface area (Å²) in [4.78, 5) is 0. The summed E-state index contributed by atoms with van der Waals surface area (Å²) in [5.74, 6) is -0.546. The molecule has 3 nitrogen and oxygen atoms in total. The number of nitrogen functional groups attached to an aromatic ring is 1. The van der Waals surface area contributed by atoms with Gasteiger partial charge in [0.2, 0.25) is 0 Å². The summed E-state index contributed by atoms with van der Waals surface area (Å²) in [5, 5.41) is 6.74. The van der Waals surface area contributed by atoms with Crippen LogP contribution in [0.15, 0.2) is 46.9 Å². The molecule has 3 rings (SSSR count). The molecule has 1 heterocycles. The van der Waals surface area contributed by atoms with Crippen LogP contribution >= 0.6 is 15.9 Å². The molecule has 1 aromatic heterocycles. The fourth-order valence-electron chi connectivity index (χ4n) is 2.18. The third-order valence-corrected chi connectivity index (χ3v) is 3.93. The smallest absolute Gasteiger partial charge is 0.153 e. The van der Waals surface area contributed by atoms with Crippen LogP contribution in [0.5, 0.6) is 0 Å². The van der Waals surface area contributed by atoms with Crippen LogP contribution in [0.3, 0.4) is 0 Å². The number of anilines is 1. The largest absolute Gasteiger partial charge is 0.382 e. The molecule has 21 heavy (non-hydrogen) atoms. The fourth-order valence-corrected chi connectivity index (χ4v) is 2.65. The second-order valence-electron chi connectivity index (χ2n) is 4.47. The number of aromatic amines is 1. The molecule has 2 aromatic carbocycles. The number of halogens is 3. The fraction of sp³-hybridized carbons (Fsp3) is 0. The zero-order chi connectivity index (χ0) is 15.0. The zero-order valence-electron chi connectivity index (χ0n) is 10.7. The number of nitrogens with one attached hydrogen (secondary N) is 1. The number of rotatable bonds is 2. The van der Waals surface area contributed by atoms with Gasteiger partial charge < -0.3 is 5.73 Å². The summed E-state index contributed by atoms with van der Waals surface area (Å²) in [5.41, 5.74) is 8.09. The lowest BCUT2D eigenvalue weighted by atomic mass is 10.0. The van der Waals surface area contributed by atoms with Crippen molar-refractivity contribution in [3.63, 3.8) is 0 Å². The van der Waals surface area contributed by atoms with Gasteiger partial charge in [-0.15, -0.1) is 0 Å². The van der Waals surface area contributed by atoms with E-state index >= 15 is 0 Å². The minimum atomic E-state index is -0.397. The Morgan fingerprint density at radius 1 is 1.10 bits per heavy atom. The van der Waals surface area contributed by atoms with E-state index in [1.54, 1.807) is 24.3 Å². The summed E-state index contributed by atoms with van der Waals surface area (Å²) in [6, 6.07) is 10.7. The zero-order valence-corrected chi connectivity index (χ0v) is 12.3. The predicted molar refractivity (Wildman–Crippen MR) is 81.5 cm³/mol. The summed E-state index contributed by atoms with van der Waals surface area (Å²) in [6.45, 7) is 0. The first-order valence-electron chi connectivity index (χ1n) is 6.12. The van der Waals surface area contributed by atoms with E-state index in [1.165, 1.54) is 18.2 Å². The summed E-state index contributed by atoms with van der Waals surface area (Å²) < 4.78 is 27.4. The van der Waals surface area contributed by atoms with Crippen LogP contribution in [0.25, 0.3) is 22.4 Å². The minimum Gasteiger partial charge on any atom is -0.382 e. The average Bonchev–Trinajstić information content (AvgIpc) is 2.83. The maximum Gasteiger partial charge on any atom is 0.153 e. The second-order valence-corrected chi connectivity index (χ2v) is 5.26. The molecule has 3 N–H and O–H groups in total. The van der Waals surface area contributed by atoms with Gasteiger partial charge in [-0.2, -0.15) is 5.10 Å². The molecular weight excluding hydrogens is 340 g/mol. The van der Waals surface area contributed by atoms with E-state index in [1.807, 2.05) is 0 Å². The molecule has 0 radical (unpaired) electrons.